The van der Waals surface area contributed by atoms with E-state index in [0.717, 1.165) is 0 Å². The van der Waals surface area contributed by atoms with Crippen molar-refractivity contribution in [3.8, 4) is 0 Å². The normalized spacial score (nSPS) is 0. The molecule has 0 saturated heterocycles. The molecule has 0 amide bonds. The quantitative estimate of drug-likeness (QED) is 0.390. The van der Waals surface area contributed by atoms with E-state index in [1.54, 1.807) is 0 Å². The summed E-state index contributed by atoms with van der Waals surface area (Å²) in [7, 11) is 0. The summed E-state index contributed by atoms with van der Waals surface area (Å²) in [5, 5.41) is 0. The summed E-state index contributed by atoms with van der Waals surface area (Å²) in [5.74, 6) is 0. The third-order valence-electron chi connectivity index (χ3n) is 0. The summed E-state index contributed by atoms with van der Waals surface area (Å²) in [6.07, 6.45) is 0. The second-order valence-electron chi connectivity index (χ2n) is 0. The molecule has 0 aromatic heterocycles. The van der Waals surface area contributed by atoms with Crippen molar-refractivity contribution in [2.45, 2.75) is 0 Å². The van der Waals surface area contributed by atoms with Gasteiger partial charge in [0.2, 0.25) is 0 Å². The van der Waals surface area contributed by atoms with Gasteiger partial charge in [0.05, 0.1) is 0 Å². The zero-order valence-electron chi connectivity index (χ0n) is 3.55. The van der Waals surface area contributed by atoms with Crippen molar-refractivity contribution in [2.75, 3.05) is 0 Å². The SMILES string of the molecule is [Ba+2].[Ca+2].[Cl-].[Cl-].[Cl-].[Na+]. The second-order valence-corrected chi connectivity index (χ2v) is 0. The standard InChI is InChI=1S/Ba.Ca.3ClH.Na/h;;3*1H;/q2*+2;;;;+1/p-3. The monoisotopic (exact) mass is 306 g/mol. The summed E-state index contributed by atoms with van der Waals surface area (Å²) in [6, 6.07) is 0. The molecular weight excluding hydrogens is 307 g/mol. The van der Waals surface area contributed by atoms with Crippen molar-refractivity contribution in [2.24, 2.45) is 0 Å². The van der Waals surface area contributed by atoms with Crippen LogP contribution in [0.1, 0.15) is 0 Å². The van der Waals surface area contributed by atoms with Crippen molar-refractivity contribution in [1.82, 2.24) is 0 Å². The van der Waals surface area contributed by atoms with Crippen molar-refractivity contribution < 1.29 is 66.8 Å². The van der Waals surface area contributed by atoms with Gasteiger partial charge in [0.15, 0.2) is 0 Å². The molecular formula is BaCaCl3Na+2. The van der Waals surface area contributed by atoms with Gasteiger partial charge in [-0.15, -0.1) is 0 Å². The van der Waals surface area contributed by atoms with Crippen LogP contribution in [0, 0.1) is 0 Å². The van der Waals surface area contributed by atoms with Gasteiger partial charge in [0.25, 0.3) is 0 Å². The third kappa shape index (κ3) is 23.3. The zero-order valence-corrected chi connectivity index (χ0v) is 14.5. The third-order valence-corrected chi connectivity index (χ3v) is 0. The summed E-state index contributed by atoms with van der Waals surface area (Å²) in [6.45, 7) is 0. The summed E-state index contributed by atoms with van der Waals surface area (Å²) in [5.41, 5.74) is 0. The number of hydrogen-bond acceptors (Lipinski definition) is 0. The van der Waals surface area contributed by atoms with E-state index in [9.17, 15) is 0 Å². The first-order valence-corrected chi connectivity index (χ1v) is 0. The topological polar surface area (TPSA) is 0 Å². The average molecular weight is 307 g/mol. The molecule has 0 spiro atoms. The summed E-state index contributed by atoms with van der Waals surface area (Å²) < 4.78 is 0. The van der Waals surface area contributed by atoms with Gasteiger partial charge in [0, 0.05) is 0 Å². The summed E-state index contributed by atoms with van der Waals surface area (Å²) >= 11 is 0. The molecule has 0 aromatic carbocycles. The van der Waals surface area contributed by atoms with Gasteiger partial charge < -0.3 is 37.2 Å². The Bertz CT molecular complexity index is 10.8. The van der Waals surface area contributed by atoms with E-state index in [4.69, 9.17) is 0 Å². The molecule has 0 aliphatic carbocycles. The molecule has 0 saturated carbocycles. The zero-order chi connectivity index (χ0) is 0. The molecule has 24 valence electrons. The Kier molecular flexibility index (Phi) is 252. The van der Waals surface area contributed by atoms with E-state index < -0.39 is 0 Å². The van der Waals surface area contributed by atoms with E-state index in [2.05, 4.69) is 0 Å². The second kappa shape index (κ2) is 33.2. The number of rotatable bonds is 0. The fraction of sp³-hybridized carbons (Fsp3) is 0. The van der Waals surface area contributed by atoms with Gasteiger partial charge in [-0.2, -0.15) is 0 Å². The molecule has 0 aromatic rings. The van der Waals surface area contributed by atoms with E-state index in [-0.39, 0.29) is 153 Å². The maximum Gasteiger partial charge on any atom is 2.00 e. The Morgan fingerprint density at radius 3 is 0.667 bits per heavy atom. The molecule has 0 aliphatic heterocycles. The Morgan fingerprint density at radius 1 is 0.667 bits per heavy atom. The van der Waals surface area contributed by atoms with Crippen molar-refractivity contribution in [1.29, 1.82) is 0 Å². The molecule has 0 fully saturated rings. The fourth-order valence-electron chi connectivity index (χ4n) is 0. The molecule has 0 aliphatic rings. The van der Waals surface area contributed by atoms with E-state index in [1.807, 2.05) is 0 Å². The first-order valence-electron chi connectivity index (χ1n) is 0. The molecule has 0 radical (unpaired) electrons. The van der Waals surface area contributed by atoms with Crippen LogP contribution in [0.25, 0.3) is 0 Å². The van der Waals surface area contributed by atoms with Crippen LogP contribution in [-0.4, -0.2) is 86.6 Å². The van der Waals surface area contributed by atoms with Crippen LogP contribution in [-0.2, 0) is 0 Å². The van der Waals surface area contributed by atoms with E-state index >= 15 is 0 Å². The Hall–Kier alpha value is 4.70. The van der Waals surface area contributed by atoms with Crippen molar-refractivity contribution in [3.05, 3.63) is 0 Å². The predicted octanol–water partition coefficient (Wildman–Crippen LogP) is -12.7. The van der Waals surface area contributed by atoms with E-state index in [0.29, 0.717) is 0 Å². The average Bonchev–Trinajstić information content (AvgIpc) is 0. The number of hydrogen-bond donors (Lipinski definition) is 0. The largest absolute Gasteiger partial charge is 2.00 e. The van der Waals surface area contributed by atoms with Gasteiger partial charge >= 0.3 is 116 Å². The first-order chi connectivity index (χ1) is 0. The smallest absolute Gasteiger partial charge is 1.00 e. The minimum absolute atomic E-state index is 0. The van der Waals surface area contributed by atoms with Crippen LogP contribution in [0.4, 0.5) is 0 Å². The molecule has 0 bridgehead atoms. The molecule has 6 heavy (non-hydrogen) atoms. The van der Waals surface area contributed by atoms with Crippen LogP contribution in [0.3, 0.4) is 0 Å². The van der Waals surface area contributed by atoms with Gasteiger partial charge in [0.1, 0.15) is 0 Å². The van der Waals surface area contributed by atoms with Crippen LogP contribution in [0.5, 0.6) is 0 Å². The van der Waals surface area contributed by atoms with Gasteiger partial charge in [-0.3, -0.25) is 0 Å². The van der Waals surface area contributed by atoms with Crippen molar-refractivity contribution in [3.63, 3.8) is 0 Å². The maximum atomic E-state index is 0. The minimum atomic E-state index is 0. The molecule has 0 heterocycles. The fourth-order valence-corrected chi connectivity index (χ4v) is 0. The Labute approximate surface area is 149 Å². The molecule has 0 atom stereocenters. The molecule has 6 heteroatoms. The number of halogens is 3. The predicted molar refractivity (Wildman–Crippen MR) is 11.5 cm³/mol. The maximum absolute atomic E-state index is 0. The van der Waals surface area contributed by atoms with E-state index in [1.165, 1.54) is 0 Å². The van der Waals surface area contributed by atoms with Crippen LogP contribution in [0.15, 0.2) is 0 Å². The van der Waals surface area contributed by atoms with Crippen LogP contribution < -0.4 is 66.8 Å². The van der Waals surface area contributed by atoms with Crippen LogP contribution >= 0.6 is 0 Å². The van der Waals surface area contributed by atoms with Gasteiger partial charge in [-0.05, 0) is 0 Å². The first kappa shape index (κ1) is 45.6. The molecule has 0 rings (SSSR count). The van der Waals surface area contributed by atoms with Gasteiger partial charge in [-0.25, -0.2) is 0 Å². The molecule has 0 N–H and O–H groups in total. The summed E-state index contributed by atoms with van der Waals surface area (Å²) in [4.78, 5) is 0. The molecule has 0 nitrogen and oxygen atoms in total. The molecule has 0 unspecified atom stereocenters. The van der Waals surface area contributed by atoms with Gasteiger partial charge in [-0.1, -0.05) is 0 Å². The minimum Gasteiger partial charge on any atom is -1.00 e. The Balaban J connectivity index is 0. The Morgan fingerprint density at radius 2 is 0.667 bits per heavy atom. The van der Waals surface area contributed by atoms with Crippen LogP contribution in [0.2, 0.25) is 0 Å². The van der Waals surface area contributed by atoms with Crippen molar-refractivity contribution >= 4 is 86.6 Å².